The SMILES string of the molecule is CC[C@H]1OC(=O)[C@@](C)(F)C(=O)C[C@@H](OC2O[C@H](C)C[C@H](N(C)C)[C@H]2O)[C@@](C)(OCC#Cc2ccc(-c3nnn(CC(=O)OC)n3)s2)C[C@@H](C)C(=O)[C@H](C)C2NC(=O)O[C@@]21C. The number of nitrogens with zero attached hydrogens (tertiary/aromatic N) is 5. The second-order valence-electron chi connectivity index (χ2n) is 16.4. The molecule has 0 bridgehead atoms. The van der Waals surface area contributed by atoms with Crippen molar-refractivity contribution < 1.29 is 61.9 Å². The summed E-state index contributed by atoms with van der Waals surface area (Å²) < 4.78 is 51.6. The van der Waals surface area contributed by atoms with E-state index in [0.29, 0.717) is 16.2 Å². The van der Waals surface area contributed by atoms with E-state index in [4.69, 9.17) is 23.7 Å². The number of esters is 2. The minimum atomic E-state index is -3.21. The fourth-order valence-corrected chi connectivity index (χ4v) is 8.84. The molecule has 1 amide bonds. The fraction of sp³-hybridized carbons (Fsp3) is 0.700. The standard InChI is InChI=1S/C40H55FN6O12S/c1-11-28-40(7)33(42-37(53)59-40)23(4)31(50)21(2)19-38(5,55-16-12-13-24-14-15-26(60-24)34-43-45-47(44-34)20-30(49)54-10)29(18-27(48)39(6,41)36(52)58-28)57-35-32(51)25(46(8)9)17-22(3)56-35/h14-15,21-23,25,28-29,32-33,35,51H,11,16-20H2,1-10H3,(H,42,53)/t21-,22-,23+,25+,28-,29-,32-,33?,35?,38+,39+,40-/m1/s1. The molecule has 5 heterocycles. The summed E-state index contributed by atoms with van der Waals surface area (Å²) in [6.45, 7) is 10.1. The maximum Gasteiger partial charge on any atom is 0.408 e. The second kappa shape index (κ2) is 18.7. The zero-order valence-electron chi connectivity index (χ0n) is 35.6. The van der Waals surface area contributed by atoms with Crippen LogP contribution in [-0.4, -0.2) is 147 Å². The minimum Gasteiger partial charge on any atom is -0.468 e. The third-order valence-corrected chi connectivity index (χ3v) is 12.6. The lowest BCUT2D eigenvalue weighted by Gasteiger charge is -2.46. The van der Waals surface area contributed by atoms with E-state index < -0.39 is 102 Å². The van der Waals surface area contributed by atoms with Gasteiger partial charge in [0.2, 0.25) is 5.82 Å². The number of aliphatic hydroxyl groups is 1. The van der Waals surface area contributed by atoms with Gasteiger partial charge < -0.3 is 43.7 Å². The van der Waals surface area contributed by atoms with E-state index in [-0.39, 0.29) is 37.6 Å². The highest BCUT2D eigenvalue weighted by molar-refractivity contribution is 7.15. The first-order chi connectivity index (χ1) is 28.1. The number of amides is 1. The van der Waals surface area contributed by atoms with Gasteiger partial charge in [-0.05, 0) is 78.4 Å². The smallest absolute Gasteiger partial charge is 0.408 e. The number of ketones is 2. The van der Waals surface area contributed by atoms with Gasteiger partial charge in [0, 0.05) is 24.3 Å². The summed E-state index contributed by atoms with van der Waals surface area (Å²) in [5.74, 6) is 0.946. The number of carbonyl (C=O) groups excluding carboxylic acids is 5. The monoisotopic (exact) mass is 862 g/mol. The van der Waals surface area contributed by atoms with Crippen LogP contribution in [0.5, 0.6) is 0 Å². The van der Waals surface area contributed by atoms with Crippen molar-refractivity contribution in [3.63, 3.8) is 0 Å². The summed E-state index contributed by atoms with van der Waals surface area (Å²) in [5, 5.41) is 26.2. The summed E-state index contributed by atoms with van der Waals surface area (Å²) in [4.78, 5) is 70.5. The van der Waals surface area contributed by atoms with Crippen LogP contribution in [0.25, 0.3) is 10.7 Å². The summed E-state index contributed by atoms with van der Waals surface area (Å²) in [6, 6.07) is 2.06. The molecule has 2 aromatic rings. The average Bonchev–Trinajstić information content (AvgIpc) is 3.93. The molecular formula is C40H55FN6O12S. The normalized spacial score (nSPS) is 35.4. The van der Waals surface area contributed by atoms with Crippen LogP contribution in [0.1, 0.15) is 79.0 Å². The lowest BCUT2D eigenvalue weighted by Crippen LogP contribution is -2.60. The number of aromatic nitrogens is 4. The van der Waals surface area contributed by atoms with Gasteiger partial charge in [0.05, 0.1) is 40.7 Å². The van der Waals surface area contributed by atoms with Gasteiger partial charge in [-0.2, -0.15) is 4.80 Å². The van der Waals surface area contributed by atoms with E-state index >= 15 is 4.39 Å². The molecule has 0 aliphatic carbocycles. The first-order valence-electron chi connectivity index (χ1n) is 19.8. The Morgan fingerprint density at radius 1 is 1.17 bits per heavy atom. The number of nitrogens with one attached hydrogen (secondary N) is 1. The Kier molecular flexibility index (Phi) is 14.5. The van der Waals surface area contributed by atoms with E-state index in [2.05, 4.69) is 37.3 Å². The third-order valence-electron chi connectivity index (χ3n) is 11.6. The molecule has 20 heteroatoms. The van der Waals surface area contributed by atoms with Gasteiger partial charge in [-0.25, -0.2) is 18.8 Å². The maximum atomic E-state index is 16.7. The first kappa shape index (κ1) is 46.7. The Bertz CT molecular complexity index is 1980. The van der Waals surface area contributed by atoms with Gasteiger partial charge in [0.1, 0.15) is 24.6 Å². The number of aliphatic hydroxyl groups excluding tert-OH is 1. The molecular weight excluding hydrogens is 808 g/mol. The number of tetrazole rings is 1. The molecule has 0 aromatic carbocycles. The van der Waals surface area contributed by atoms with Crippen LogP contribution in [-0.2, 0) is 54.1 Å². The zero-order chi connectivity index (χ0) is 44.3. The number of methoxy groups -OCH3 is 1. The second-order valence-corrected chi connectivity index (χ2v) is 17.5. The maximum absolute atomic E-state index is 16.7. The largest absolute Gasteiger partial charge is 0.468 e. The van der Waals surface area contributed by atoms with Crippen LogP contribution in [0.3, 0.4) is 0 Å². The van der Waals surface area contributed by atoms with Gasteiger partial charge in [0.15, 0.2) is 24.2 Å². The molecule has 60 heavy (non-hydrogen) atoms. The summed E-state index contributed by atoms with van der Waals surface area (Å²) in [5.41, 5.74) is -6.42. The highest BCUT2D eigenvalue weighted by Gasteiger charge is 2.58. The molecule has 0 radical (unpaired) electrons. The number of thiophene rings is 1. The van der Waals surface area contributed by atoms with Crippen LogP contribution in [0.15, 0.2) is 12.1 Å². The number of hydrogen-bond acceptors (Lipinski definition) is 17. The summed E-state index contributed by atoms with van der Waals surface area (Å²) in [7, 11) is 4.84. The molecule has 2 aromatic heterocycles. The Labute approximate surface area is 352 Å². The number of alkyl halides is 1. The molecule has 3 fully saturated rings. The van der Waals surface area contributed by atoms with Crippen molar-refractivity contribution in [3.8, 4) is 22.5 Å². The molecule has 2 N–H and O–H groups in total. The Morgan fingerprint density at radius 3 is 2.55 bits per heavy atom. The van der Waals surface area contributed by atoms with E-state index in [0.717, 1.165) is 11.7 Å². The summed E-state index contributed by atoms with van der Waals surface area (Å²) >= 11 is 1.25. The van der Waals surface area contributed by atoms with Crippen molar-refractivity contribution in [3.05, 3.63) is 17.0 Å². The number of alkyl carbamates (subject to hydrolysis) is 1. The van der Waals surface area contributed by atoms with Gasteiger partial charge >= 0.3 is 18.0 Å². The van der Waals surface area contributed by atoms with Crippen LogP contribution in [0.2, 0.25) is 0 Å². The quantitative estimate of drug-likeness (QED) is 0.160. The minimum absolute atomic E-state index is 0.0670. The van der Waals surface area contributed by atoms with Crippen LogP contribution in [0.4, 0.5) is 9.18 Å². The molecule has 330 valence electrons. The molecule has 0 saturated carbocycles. The molecule has 0 spiro atoms. The van der Waals surface area contributed by atoms with Crippen LogP contribution >= 0.6 is 11.3 Å². The van der Waals surface area contributed by atoms with Gasteiger partial charge in [-0.3, -0.25) is 9.59 Å². The molecule has 3 aliphatic heterocycles. The van der Waals surface area contributed by atoms with Crippen LogP contribution < -0.4 is 5.32 Å². The molecule has 18 nitrogen and oxygen atoms in total. The van der Waals surface area contributed by atoms with E-state index in [1.54, 1.807) is 60.8 Å². The number of cyclic esters (lactones) is 1. The number of likely N-dealkylation sites (N-methyl/N-ethyl adjacent to an activating group) is 1. The predicted molar refractivity (Wildman–Crippen MR) is 211 cm³/mol. The topological polar surface area (TPSA) is 220 Å². The van der Waals surface area contributed by atoms with Crippen molar-refractivity contribution in [1.82, 2.24) is 30.4 Å². The van der Waals surface area contributed by atoms with E-state index in [1.165, 1.54) is 25.4 Å². The summed E-state index contributed by atoms with van der Waals surface area (Å²) in [6.07, 6.45) is -6.76. The van der Waals surface area contributed by atoms with Gasteiger partial charge in [-0.1, -0.05) is 32.6 Å². The molecule has 2 unspecified atom stereocenters. The van der Waals surface area contributed by atoms with E-state index in [9.17, 15) is 29.1 Å². The number of Topliss-reactive ketones (excluding diaryl/α,β-unsaturated/α-hetero) is 2. The number of halogens is 1. The zero-order valence-corrected chi connectivity index (χ0v) is 36.4. The molecule has 3 aliphatic rings. The lowest BCUT2D eigenvalue weighted by molar-refractivity contribution is -0.290. The number of fused-ring (bicyclic) bond motifs is 1. The molecule has 3 saturated heterocycles. The van der Waals surface area contributed by atoms with Gasteiger partial charge in [-0.15, -0.1) is 21.5 Å². The number of carbonyl (C=O) groups is 5. The molecule has 5 rings (SSSR count). The Morgan fingerprint density at radius 2 is 1.88 bits per heavy atom. The van der Waals surface area contributed by atoms with Gasteiger partial charge in [0.25, 0.3) is 5.67 Å². The lowest BCUT2D eigenvalue weighted by atomic mass is 9.75. The number of hydrogen-bond donors (Lipinski definition) is 2. The third kappa shape index (κ3) is 10.0. The van der Waals surface area contributed by atoms with Crippen molar-refractivity contribution in [1.29, 1.82) is 0 Å². The first-order valence-corrected chi connectivity index (χ1v) is 20.6. The average molecular weight is 863 g/mol. The van der Waals surface area contributed by atoms with Crippen molar-refractivity contribution >= 4 is 40.9 Å². The van der Waals surface area contributed by atoms with E-state index in [1.807, 2.05) is 4.90 Å². The number of ether oxygens (including phenoxy) is 6. The number of rotatable bonds is 9. The Balaban J connectivity index is 1.51. The van der Waals surface area contributed by atoms with Crippen LogP contribution in [0, 0.1) is 23.7 Å². The van der Waals surface area contributed by atoms with Crippen molar-refractivity contribution in [2.75, 3.05) is 27.8 Å². The van der Waals surface area contributed by atoms with Crippen molar-refractivity contribution in [2.45, 2.75) is 140 Å². The highest BCUT2D eigenvalue weighted by atomic mass is 32.1. The van der Waals surface area contributed by atoms with Crippen molar-refractivity contribution in [2.24, 2.45) is 11.8 Å². The molecule has 12 atom stereocenters. The highest BCUT2D eigenvalue weighted by Crippen LogP contribution is 2.40. The fourth-order valence-electron chi connectivity index (χ4n) is 8.04. The Hall–Kier alpha value is -4.39. The predicted octanol–water partition coefficient (Wildman–Crippen LogP) is 2.63.